The highest BCUT2D eigenvalue weighted by Crippen LogP contribution is 2.30. The van der Waals surface area contributed by atoms with E-state index in [1.807, 2.05) is 6.92 Å². The van der Waals surface area contributed by atoms with Gasteiger partial charge in [0.1, 0.15) is 0 Å². The van der Waals surface area contributed by atoms with Gasteiger partial charge >= 0.3 is 0 Å². The monoisotopic (exact) mass is 361 g/mol. The number of carbonyl (C=O) groups is 1. The number of nitrogens with zero attached hydrogens (tertiary/aromatic N) is 2. The molecule has 0 spiro atoms. The van der Waals surface area contributed by atoms with Crippen LogP contribution in [-0.2, 0) is 13.0 Å². The summed E-state index contributed by atoms with van der Waals surface area (Å²) in [5.41, 5.74) is 1.63. The zero-order valence-electron chi connectivity index (χ0n) is 14.8. The zero-order chi connectivity index (χ0) is 17.8. The molecule has 0 bridgehead atoms. The molecule has 2 aromatic rings. The summed E-state index contributed by atoms with van der Waals surface area (Å²) in [6.07, 6.45) is 0.937. The van der Waals surface area contributed by atoms with Crippen molar-refractivity contribution in [3.05, 3.63) is 34.3 Å². The molecule has 1 aromatic carbocycles. The molecule has 0 radical (unpaired) electrons. The first-order chi connectivity index (χ1) is 12.1. The Morgan fingerprint density at radius 1 is 1.36 bits per heavy atom. The highest BCUT2D eigenvalue weighted by molar-refractivity contribution is 7.15. The Labute approximate surface area is 151 Å². The van der Waals surface area contributed by atoms with Gasteiger partial charge in [0.05, 0.1) is 19.4 Å². The first-order valence-electron chi connectivity index (χ1n) is 8.47. The van der Waals surface area contributed by atoms with Gasteiger partial charge in [0, 0.05) is 30.0 Å². The van der Waals surface area contributed by atoms with E-state index in [1.54, 1.807) is 36.6 Å². The Balaban J connectivity index is 1.74. The molecule has 0 atom stereocenters. The van der Waals surface area contributed by atoms with Crippen molar-refractivity contribution in [3.8, 4) is 11.5 Å². The first-order valence-corrected chi connectivity index (χ1v) is 9.29. The van der Waals surface area contributed by atoms with E-state index < -0.39 is 0 Å². The molecule has 3 rings (SSSR count). The maximum absolute atomic E-state index is 12.6. The number of likely N-dealkylation sites (N-methyl/N-ethyl adjacent to an activating group) is 1. The minimum absolute atomic E-state index is 0.193. The second kappa shape index (κ2) is 7.84. The van der Waals surface area contributed by atoms with Crippen LogP contribution in [0.25, 0.3) is 0 Å². The molecular weight excluding hydrogens is 338 g/mol. The maximum atomic E-state index is 12.6. The van der Waals surface area contributed by atoms with Crippen LogP contribution in [-0.4, -0.2) is 42.6 Å². The normalized spacial score (nSPS) is 14.0. The molecule has 6 nitrogen and oxygen atoms in total. The molecule has 1 aliphatic heterocycles. The minimum atomic E-state index is -0.193. The number of hydrogen-bond donors (Lipinski definition) is 1. The summed E-state index contributed by atoms with van der Waals surface area (Å²) < 4.78 is 10.8. The second-order valence-corrected chi connectivity index (χ2v) is 6.84. The lowest BCUT2D eigenvalue weighted by molar-refractivity contribution is 0.102. The van der Waals surface area contributed by atoms with Crippen LogP contribution in [0, 0.1) is 0 Å². The molecule has 134 valence electrons. The zero-order valence-corrected chi connectivity index (χ0v) is 15.6. The third kappa shape index (κ3) is 3.93. The number of benzene rings is 1. The fourth-order valence-corrected chi connectivity index (χ4v) is 3.87. The van der Waals surface area contributed by atoms with Gasteiger partial charge in [-0.2, -0.15) is 0 Å². The lowest BCUT2D eigenvalue weighted by atomic mass is 10.2. The largest absolute Gasteiger partial charge is 0.493 e. The van der Waals surface area contributed by atoms with Gasteiger partial charge in [-0.15, -0.1) is 11.3 Å². The van der Waals surface area contributed by atoms with Crippen molar-refractivity contribution >= 4 is 22.4 Å². The number of fused-ring (bicyclic) bond motifs is 1. The summed E-state index contributed by atoms with van der Waals surface area (Å²) in [5.74, 6) is 0.986. The molecular formula is C18H23N3O3S. The van der Waals surface area contributed by atoms with E-state index in [9.17, 15) is 4.79 Å². The number of hydrogen-bond acceptors (Lipinski definition) is 6. The number of carbonyl (C=O) groups excluding carboxylic acids is 1. The number of ether oxygens (including phenoxy) is 2. The van der Waals surface area contributed by atoms with E-state index in [4.69, 9.17) is 9.47 Å². The summed E-state index contributed by atoms with van der Waals surface area (Å²) in [6.45, 7) is 7.53. The van der Waals surface area contributed by atoms with Crippen molar-refractivity contribution in [2.24, 2.45) is 0 Å². The Hall–Kier alpha value is -2.12. The van der Waals surface area contributed by atoms with Crippen LogP contribution >= 0.6 is 11.3 Å². The van der Waals surface area contributed by atoms with Crippen LogP contribution in [0.1, 0.15) is 34.8 Å². The summed E-state index contributed by atoms with van der Waals surface area (Å²) in [6, 6.07) is 5.17. The van der Waals surface area contributed by atoms with E-state index in [2.05, 4.69) is 22.1 Å². The Morgan fingerprint density at radius 3 is 2.92 bits per heavy atom. The first kappa shape index (κ1) is 17.7. The molecule has 0 aliphatic carbocycles. The highest BCUT2D eigenvalue weighted by atomic mass is 32.1. The van der Waals surface area contributed by atoms with E-state index >= 15 is 0 Å². The molecule has 0 unspecified atom stereocenters. The van der Waals surface area contributed by atoms with Crippen molar-refractivity contribution in [2.75, 3.05) is 32.1 Å². The van der Waals surface area contributed by atoms with E-state index in [0.717, 1.165) is 31.7 Å². The van der Waals surface area contributed by atoms with Gasteiger partial charge in [-0.3, -0.25) is 15.0 Å². The fraction of sp³-hybridized carbons (Fsp3) is 0.444. The molecule has 1 amide bonds. The summed E-state index contributed by atoms with van der Waals surface area (Å²) in [4.78, 5) is 20.8. The van der Waals surface area contributed by atoms with Gasteiger partial charge in [-0.05, 0) is 31.7 Å². The third-order valence-corrected chi connectivity index (χ3v) is 5.20. The van der Waals surface area contributed by atoms with E-state index in [-0.39, 0.29) is 5.91 Å². The summed E-state index contributed by atoms with van der Waals surface area (Å²) >= 11 is 1.56. The van der Waals surface area contributed by atoms with Gasteiger partial charge in [-0.1, -0.05) is 6.92 Å². The molecule has 2 heterocycles. The van der Waals surface area contributed by atoms with Crippen LogP contribution < -0.4 is 14.8 Å². The predicted octanol–water partition coefficient (Wildman–Crippen LogP) is 3.18. The number of aromatic nitrogens is 1. The SMILES string of the molecule is CCOc1cc(C(=O)Nc2nc3c(s2)CN(CC)CC3)ccc1OC. The molecule has 1 N–H and O–H groups in total. The van der Waals surface area contributed by atoms with Gasteiger partial charge < -0.3 is 9.47 Å². The summed E-state index contributed by atoms with van der Waals surface area (Å²) in [5, 5.41) is 3.56. The number of amides is 1. The van der Waals surface area contributed by atoms with E-state index in [1.165, 1.54) is 4.88 Å². The fourth-order valence-electron chi connectivity index (χ4n) is 2.83. The Morgan fingerprint density at radius 2 is 2.20 bits per heavy atom. The molecule has 0 fully saturated rings. The smallest absolute Gasteiger partial charge is 0.257 e. The van der Waals surface area contributed by atoms with Crippen molar-refractivity contribution in [2.45, 2.75) is 26.8 Å². The third-order valence-electron chi connectivity index (χ3n) is 4.20. The van der Waals surface area contributed by atoms with E-state index in [0.29, 0.717) is 28.8 Å². The number of nitrogens with one attached hydrogen (secondary N) is 1. The van der Waals surface area contributed by atoms with Gasteiger partial charge in [0.2, 0.25) is 0 Å². The van der Waals surface area contributed by atoms with Crippen molar-refractivity contribution < 1.29 is 14.3 Å². The molecule has 25 heavy (non-hydrogen) atoms. The highest BCUT2D eigenvalue weighted by Gasteiger charge is 2.21. The number of thiazole rings is 1. The quantitative estimate of drug-likeness (QED) is 0.856. The van der Waals surface area contributed by atoms with Crippen molar-refractivity contribution in [3.63, 3.8) is 0 Å². The topological polar surface area (TPSA) is 63.7 Å². The average molecular weight is 361 g/mol. The maximum Gasteiger partial charge on any atom is 0.257 e. The van der Waals surface area contributed by atoms with Gasteiger partial charge in [0.15, 0.2) is 16.6 Å². The van der Waals surface area contributed by atoms with Crippen LogP contribution in [0.2, 0.25) is 0 Å². The minimum Gasteiger partial charge on any atom is -0.493 e. The summed E-state index contributed by atoms with van der Waals surface area (Å²) in [7, 11) is 1.58. The lowest BCUT2D eigenvalue weighted by Gasteiger charge is -2.23. The van der Waals surface area contributed by atoms with Crippen molar-refractivity contribution in [1.29, 1.82) is 0 Å². The molecule has 7 heteroatoms. The standard InChI is InChI=1S/C18H23N3O3S/c1-4-21-9-8-13-16(11-21)25-18(19-13)20-17(22)12-6-7-14(23-3)15(10-12)24-5-2/h6-7,10H,4-5,8-9,11H2,1-3H3,(H,19,20,22). The average Bonchev–Trinajstić information content (AvgIpc) is 3.03. The molecule has 1 aliphatic rings. The van der Waals surface area contributed by atoms with Crippen LogP contribution in [0.4, 0.5) is 5.13 Å². The van der Waals surface area contributed by atoms with Gasteiger partial charge in [0.25, 0.3) is 5.91 Å². The number of anilines is 1. The number of rotatable bonds is 6. The van der Waals surface area contributed by atoms with Crippen LogP contribution in [0.5, 0.6) is 11.5 Å². The predicted molar refractivity (Wildman–Crippen MR) is 98.9 cm³/mol. The lowest BCUT2D eigenvalue weighted by Crippen LogP contribution is -2.29. The molecule has 0 saturated heterocycles. The number of methoxy groups -OCH3 is 1. The van der Waals surface area contributed by atoms with Crippen LogP contribution in [0.15, 0.2) is 18.2 Å². The molecule has 0 saturated carbocycles. The Kier molecular flexibility index (Phi) is 5.55. The Bertz CT molecular complexity index is 760. The van der Waals surface area contributed by atoms with Crippen molar-refractivity contribution in [1.82, 2.24) is 9.88 Å². The molecule has 1 aromatic heterocycles. The second-order valence-electron chi connectivity index (χ2n) is 5.76. The van der Waals surface area contributed by atoms with Crippen LogP contribution in [0.3, 0.4) is 0 Å². The van der Waals surface area contributed by atoms with Gasteiger partial charge in [-0.25, -0.2) is 4.98 Å².